The molecule has 20 heavy (non-hydrogen) atoms. The van der Waals surface area contributed by atoms with Crippen LogP contribution >= 0.6 is 15.9 Å². The number of benzene rings is 1. The zero-order chi connectivity index (χ0) is 15.1. The third-order valence-electron chi connectivity index (χ3n) is 2.59. The zero-order valence-electron chi connectivity index (χ0n) is 10.8. The molecule has 0 spiro atoms. The second kappa shape index (κ2) is 7.64. The van der Waals surface area contributed by atoms with Gasteiger partial charge in [0.25, 0.3) is 5.91 Å². The van der Waals surface area contributed by atoms with Crippen LogP contribution in [0.5, 0.6) is 0 Å². The van der Waals surface area contributed by atoms with Crippen molar-refractivity contribution in [2.45, 2.75) is 18.9 Å². The van der Waals surface area contributed by atoms with Gasteiger partial charge in [-0.2, -0.15) is 0 Å². The lowest BCUT2D eigenvalue weighted by Gasteiger charge is -2.14. The van der Waals surface area contributed by atoms with Crippen LogP contribution < -0.4 is 5.32 Å². The van der Waals surface area contributed by atoms with E-state index in [1.165, 1.54) is 7.11 Å². The highest BCUT2D eigenvalue weighted by Crippen LogP contribution is 2.16. The van der Waals surface area contributed by atoms with Crippen LogP contribution in [0, 0.1) is 0 Å². The SMILES string of the molecule is COC(=O)CC[C@H](NC(=O)c1ccccc1Br)C(=O)O. The fourth-order valence-corrected chi connectivity index (χ4v) is 1.97. The maximum atomic E-state index is 12.0. The average Bonchev–Trinajstić information content (AvgIpc) is 2.42. The minimum atomic E-state index is -1.20. The van der Waals surface area contributed by atoms with Crippen molar-refractivity contribution in [2.75, 3.05) is 7.11 Å². The zero-order valence-corrected chi connectivity index (χ0v) is 12.3. The Hall–Kier alpha value is -1.89. The molecular weight excluding hydrogens is 330 g/mol. The van der Waals surface area contributed by atoms with E-state index in [-0.39, 0.29) is 12.8 Å². The van der Waals surface area contributed by atoms with Crippen LogP contribution in [-0.2, 0) is 14.3 Å². The number of halogens is 1. The second-order valence-corrected chi connectivity index (χ2v) is 4.81. The summed E-state index contributed by atoms with van der Waals surface area (Å²) in [6.45, 7) is 0. The molecule has 0 bridgehead atoms. The van der Waals surface area contributed by atoms with E-state index < -0.39 is 23.9 Å². The van der Waals surface area contributed by atoms with Gasteiger partial charge >= 0.3 is 11.9 Å². The van der Waals surface area contributed by atoms with Crippen LogP contribution in [0.2, 0.25) is 0 Å². The van der Waals surface area contributed by atoms with Crippen molar-refractivity contribution in [1.29, 1.82) is 0 Å². The van der Waals surface area contributed by atoms with Gasteiger partial charge in [0.2, 0.25) is 0 Å². The van der Waals surface area contributed by atoms with E-state index in [1.807, 2.05) is 0 Å². The van der Waals surface area contributed by atoms with Crippen LogP contribution in [0.1, 0.15) is 23.2 Å². The molecule has 2 N–H and O–H groups in total. The van der Waals surface area contributed by atoms with E-state index in [9.17, 15) is 14.4 Å². The highest BCUT2D eigenvalue weighted by atomic mass is 79.9. The number of hydrogen-bond acceptors (Lipinski definition) is 4. The van der Waals surface area contributed by atoms with Gasteiger partial charge in [0.15, 0.2) is 0 Å². The van der Waals surface area contributed by atoms with Gasteiger partial charge < -0.3 is 15.2 Å². The number of carbonyl (C=O) groups is 3. The van der Waals surface area contributed by atoms with Crippen molar-refractivity contribution in [3.63, 3.8) is 0 Å². The molecule has 6 nitrogen and oxygen atoms in total. The Morgan fingerprint density at radius 1 is 1.35 bits per heavy atom. The van der Waals surface area contributed by atoms with Gasteiger partial charge in [-0.15, -0.1) is 0 Å². The standard InChI is InChI=1S/C13H14BrNO5/c1-20-11(16)7-6-10(13(18)19)15-12(17)8-4-2-3-5-9(8)14/h2-5,10H,6-7H2,1H3,(H,15,17)(H,18,19)/t10-/m0/s1. The maximum Gasteiger partial charge on any atom is 0.326 e. The molecule has 1 amide bonds. The molecule has 0 aliphatic carbocycles. The summed E-state index contributed by atoms with van der Waals surface area (Å²) in [6, 6.07) is 5.52. The molecule has 0 saturated carbocycles. The average molecular weight is 344 g/mol. The number of esters is 1. The molecule has 108 valence electrons. The molecule has 0 heterocycles. The van der Waals surface area contributed by atoms with Crippen molar-refractivity contribution < 1.29 is 24.2 Å². The number of carboxylic acids is 1. The second-order valence-electron chi connectivity index (χ2n) is 3.96. The quantitative estimate of drug-likeness (QED) is 0.765. The van der Waals surface area contributed by atoms with E-state index in [4.69, 9.17) is 5.11 Å². The first-order valence-electron chi connectivity index (χ1n) is 5.80. The first-order valence-corrected chi connectivity index (χ1v) is 6.60. The minimum absolute atomic E-state index is 0.0296. The molecule has 0 aliphatic heterocycles. The van der Waals surface area contributed by atoms with Crippen molar-refractivity contribution in [3.8, 4) is 0 Å². The first kappa shape index (κ1) is 16.2. The summed E-state index contributed by atoms with van der Waals surface area (Å²) in [5.74, 6) is -2.24. The van der Waals surface area contributed by atoms with E-state index in [2.05, 4.69) is 26.0 Å². The summed E-state index contributed by atoms with van der Waals surface area (Å²) in [6.07, 6.45) is -0.109. The molecule has 1 atom stereocenters. The number of hydrogen-bond donors (Lipinski definition) is 2. The molecule has 0 fully saturated rings. The van der Waals surface area contributed by atoms with Crippen molar-refractivity contribution in [1.82, 2.24) is 5.32 Å². The molecule has 0 aromatic heterocycles. The molecule has 1 rings (SSSR count). The number of methoxy groups -OCH3 is 1. The number of carboxylic acid groups (broad SMARTS) is 1. The van der Waals surface area contributed by atoms with Gasteiger partial charge in [0.1, 0.15) is 6.04 Å². The first-order chi connectivity index (χ1) is 9.45. The summed E-state index contributed by atoms with van der Waals surface area (Å²) in [5, 5.41) is 11.4. The largest absolute Gasteiger partial charge is 0.480 e. The van der Waals surface area contributed by atoms with Gasteiger partial charge in [-0.05, 0) is 34.5 Å². The van der Waals surface area contributed by atoms with E-state index >= 15 is 0 Å². The number of nitrogens with one attached hydrogen (secondary N) is 1. The molecule has 0 radical (unpaired) electrons. The summed E-state index contributed by atoms with van der Waals surface area (Å²) in [7, 11) is 1.22. The van der Waals surface area contributed by atoms with Crippen LogP contribution in [0.15, 0.2) is 28.7 Å². The highest BCUT2D eigenvalue weighted by Gasteiger charge is 2.22. The van der Waals surface area contributed by atoms with E-state index in [0.29, 0.717) is 10.0 Å². The van der Waals surface area contributed by atoms with Crippen LogP contribution in [0.3, 0.4) is 0 Å². The Labute approximate surface area is 124 Å². The number of amides is 1. The summed E-state index contributed by atoms with van der Waals surface area (Å²) in [4.78, 5) is 34.1. The molecule has 1 aromatic carbocycles. The predicted octanol–water partition coefficient (Wildman–Crippen LogP) is 1.59. The van der Waals surface area contributed by atoms with Gasteiger partial charge in [0.05, 0.1) is 12.7 Å². The van der Waals surface area contributed by atoms with E-state index in [0.717, 1.165) is 0 Å². The van der Waals surface area contributed by atoms with Crippen molar-refractivity contribution in [2.24, 2.45) is 0 Å². The fraction of sp³-hybridized carbons (Fsp3) is 0.308. The normalized spacial score (nSPS) is 11.5. The highest BCUT2D eigenvalue weighted by molar-refractivity contribution is 9.10. The third-order valence-corrected chi connectivity index (χ3v) is 3.28. The van der Waals surface area contributed by atoms with Crippen molar-refractivity contribution >= 4 is 33.8 Å². The number of rotatable bonds is 6. The van der Waals surface area contributed by atoms with Crippen LogP contribution in [0.25, 0.3) is 0 Å². The minimum Gasteiger partial charge on any atom is -0.480 e. The predicted molar refractivity (Wildman–Crippen MR) is 74.3 cm³/mol. The molecule has 0 unspecified atom stereocenters. The number of aliphatic carboxylic acids is 1. The molecule has 1 aromatic rings. The third kappa shape index (κ3) is 4.65. The Balaban J connectivity index is 2.71. The topological polar surface area (TPSA) is 92.7 Å². The smallest absolute Gasteiger partial charge is 0.326 e. The number of carbonyl (C=O) groups excluding carboxylic acids is 2. The number of ether oxygens (including phenoxy) is 1. The lowest BCUT2D eigenvalue weighted by molar-refractivity contribution is -0.142. The van der Waals surface area contributed by atoms with Crippen LogP contribution in [0.4, 0.5) is 0 Å². The fourth-order valence-electron chi connectivity index (χ4n) is 1.50. The molecule has 0 aliphatic rings. The Bertz CT molecular complexity index is 517. The molecule has 0 saturated heterocycles. The monoisotopic (exact) mass is 343 g/mol. The molecule has 7 heteroatoms. The Morgan fingerprint density at radius 3 is 2.55 bits per heavy atom. The lowest BCUT2D eigenvalue weighted by Crippen LogP contribution is -2.41. The van der Waals surface area contributed by atoms with Gasteiger partial charge in [-0.3, -0.25) is 9.59 Å². The Morgan fingerprint density at radius 2 is 2.00 bits per heavy atom. The summed E-state index contributed by atoms with van der Waals surface area (Å²) in [5.41, 5.74) is 0.330. The van der Waals surface area contributed by atoms with Gasteiger partial charge in [0, 0.05) is 10.9 Å². The van der Waals surface area contributed by atoms with Gasteiger partial charge in [-0.25, -0.2) is 4.79 Å². The Kier molecular flexibility index (Phi) is 6.17. The summed E-state index contributed by atoms with van der Waals surface area (Å²) < 4.78 is 5.00. The summed E-state index contributed by atoms with van der Waals surface area (Å²) >= 11 is 3.21. The van der Waals surface area contributed by atoms with Crippen molar-refractivity contribution in [3.05, 3.63) is 34.3 Å². The van der Waals surface area contributed by atoms with E-state index in [1.54, 1.807) is 24.3 Å². The maximum absolute atomic E-state index is 12.0. The van der Waals surface area contributed by atoms with Crippen LogP contribution in [-0.4, -0.2) is 36.1 Å². The molecular formula is C13H14BrNO5. The lowest BCUT2D eigenvalue weighted by atomic mass is 10.1. The van der Waals surface area contributed by atoms with Gasteiger partial charge in [-0.1, -0.05) is 12.1 Å².